The SMILES string of the molecule is COc1ccc(C(O)CN(C)S(=O)(=O)c2ccc3c(c2)CC(=O)N3)cc1. The largest absolute Gasteiger partial charge is 0.497 e. The van der Waals surface area contributed by atoms with Crippen molar-refractivity contribution in [1.82, 2.24) is 4.31 Å². The summed E-state index contributed by atoms with van der Waals surface area (Å²) in [6.07, 6.45) is -0.810. The molecule has 0 saturated heterocycles. The number of hydrogen-bond acceptors (Lipinski definition) is 5. The first-order valence-electron chi connectivity index (χ1n) is 8.02. The van der Waals surface area contributed by atoms with Gasteiger partial charge in [0.25, 0.3) is 0 Å². The van der Waals surface area contributed by atoms with E-state index in [1.54, 1.807) is 37.4 Å². The van der Waals surface area contributed by atoms with Crippen molar-refractivity contribution >= 4 is 21.6 Å². The fourth-order valence-electron chi connectivity index (χ4n) is 2.82. The quantitative estimate of drug-likeness (QED) is 0.797. The molecular weight excluding hydrogens is 356 g/mol. The molecule has 0 radical (unpaired) electrons. The van der Waals surface area contributed by atoms with E-state index in [0.717, 1.165) is 4.31 Å². The van der Waals surface area contributed by atoms with E-state index in [4.69, 9.17) is 4.74 Å². The van der Waals surface area contributed by atoms with Crippen molar-refractivity contribution in [2.24, 2.45) is 0 Å². The molecule has 1 unspecified atom stereocenters. The number of anilines is 1. The van der Waals surface area contributed by atoms with Crippen LogP contribution in [0.15, 0.2) is 47.4 Å². The molecular formula is C18H20N2O5S. The maximum Gasteiger partial charge on any atom is 0.242 e. The van der Waals surface area contributed by atoms with Gasteiger partial charge in [-0.2, -0.15) is 4.31 Å². The Morgan fingerprint density at radius 3 is 2.58 bits per heavy atom. The van der Waals surface area contributed by atoms with Gasteiger partial charge in [0.2, 0.25) is 15.9 Å². The van der Waals surface area contributed by atoms with Crippen LogP contribution in [0.25, 0.3) is 0 Å². The van der Waals surface area contributed by atoms with Gasteiger partial charge in [-0.1, -0.05) is 12.1 Å². The van der Waals surface area contributed by atoms with Gasteiger partial charge in [-0.15, -0.1) is 0 Å². The molecule has 2 N–H and O–H groups in total. The number of ether oxygens (including phenoxy) is 1. The van der Waals surface area contributed by atoms with E-state index in [9.17, 15) is 18.3 Å². The van der Waals surface area contributed by atoms with Gasteiger partial charge in [0, 0.05) is 19.3 Å². The maximum absolute atomic E-state index is 12.8. The van der Waals surface area contributed by atoms with Crippen molar-refractivity contribution in [3.05, 3.63) is 53.6 Å². The third-order valence-electron chi connectivity index (χ3n) is 4.34. The smallest absolute Gasteiger partial charge is 0.242 e. The Morgan fingerprint density at radius 2 is 1.92 bits per heavy atom. The molecule has 0 spiro atoms. The van der Waals surface area contributed by atoms with E-state index in [0.29, 0.717) is 22.6 Å². The molecule has 0 bridgehead atoms. The number of fused-ring (bicyclic) bond motifs is 1. The highest BCUT2D eigenvalue weighted by molar-refractivity contribution is 7.89. The highest BCUT2D eigenvalue weighted by Crippen LogP contribution is 2.28. The Kier molecular flexibility index (Phi) is 4.99. The highest BCUT2D eigenvalue weighted by Gasteiger charge is 2.26. The Bertz CT molecular complexity index is 925. The zero-order chi connectivity index (χ0) is 18.9. The maximum atomic E-state index is 12.8. The molecule has 0 saturated carbocycles. The number of methoxy groups -OCH3 is 1. The minimum absolute atomic E-state index is 0.0943. The summed E-state index contributed by atoms with van der Waals surface area (Å²) in [6.45, 7) is -0.0943. The molecule has 138 valence electrons. The molecule has 7 nitrogen and oxygen atoms in total. The van der Waals surface area contributed by atoms with Gasteiger partial charge in [-0.05, 0) is 41.5 Å². The van der Waals surface area contributed by atoms with Crippen LogP contribution >= 0.6 is 0 Å². The summed E-state index contributed by atoms with van der Waals surface area (Å²) in [4.78, 5) is 11.5. The molecule has 1 amide bonds. The average molecular weight is 376 g/mol. The lowest BCUT2D eigenvalue weighted by molar-refractivity contribution is -0.115. The van der Waals surface area contributed by atoms with Crippen LogP contribution in [0, 0.1) is 0 Å². The number of amides is 1. The minimum atomic E-state index is -3.78. The summed E-state index contributed by atoms with van der Waals surface area (Å²) in [6, 6.07) is 11.3. The van der Waals surface area contributed by atoms with Crippen molar-refractivity contribution < 1.29 is 23.1 Å². The summed E-state index contributed by atoms with van der Waals surface area (Å²) in [5.41, 5.74) is 1.88. The number of carbonyl (C=O) groups is 1. The molecule has 1 atom stereocenters. The molecule has 0 aromatic heterocycles. The van der Waals surface area contributed by atoms with E-state index < -0.39 is 16.1 Å². The molecule has 8 heteroatoms. The molecule has 2 aromatic carbocycles. The Morgan fingerprint density at radius 1 is 1.23 bits per heavy atom. The van der Waals surface area contributed by atoms with Gasteiger partial charge in [-0.25, -0.2) is 8.42 Å². The second kappa shape index (κ2) is 7.06. The van der Waals surface area contributed by atoms with Gasteiger partial charge < -0.3 is 15.2 Å². The van der Waals surface area contributed by atoms with Crippen LogP contribution in [0.5, 0.6) is 5.75 Å². The van der Waals surface area contributed by atoms with Crippen LogP contribution in [0.2, 0.25) is 0 Å². The van der Waals surface area contributed by atoms with Crippen molar-refractivity contribution in [2.45, 2.75) is 17.4 Å². The van der Waals surface area contributed by atoms with Crippen LogP contribution in [-0.2, 0) is 21.2 Å². The monoisotopic (exact) mass is 376 g/mol. The topological polar surface area (TPSA) is 95.9 Å². The van der Waals surface area contributed by atoms with E-state index in [2.05, 4.69) is 5.32 Å². The number of sulfonamides is 1. The third kappa shape index (κ3) is 3.57. The number of carbonyl (C=O) groups excluding carboxylic acids is 1. The highest BCUT2D eigenvalue weighted by atomic mass is 32.2. The van der Waals surface area contributed by atoms with Gasteiger partial charge in [0.1, 0.15) is 5.75 Å². The fraction of sp³-hybridized carbons (Fsp3) is 0.278. The lowest BCUT2D eigenvalue weighted by Gasteiger charge is -2.21. The van der Waals surface area contributed by atoms with Crippen LogP contribution in [0.1, 0.15) is 17.2 Å². The zero-order valence-electron chi connectivity index (χ0n) is 14.5. The number of likely N-dealkylation sites (N-methyl/N-ethyl adjacent to an activating group) is 1. The summed E-state index contributed by atoms with van der Waals surface area (Å²) < 4.78 is 31.7. The Labute approximate surface area is 152 Å². The molecule has 0 fully saturated rings. The number of aliphatic hydroxyl groups is 1. The number of nitrogens with one attached hydrogen (secondary N) is 1. The van der Waals surface area contributed by atoms with Crippen LogP contribution in [0.3, 0.4) is 0 Å². The molecule has 1 heterocycles. The first-order valence-corrected chi connectivity index (χ1v) is 9.46. The second-order valence-corrected chi connectivity index (χ2v) is 8.16. The fourth-order valence-corrected chi connectivity index (χ4v) is 4.05. The van der Waals surface area contributed by atoms with E-state index in [-0.39, 0.29) is 23.8 Å². The van der Waals surface area contributed by atoms with Crippen LogP contribution in [0.4, 0.5) is 5.69 Å². The lowest BCUT2D eigenvalue weighted by Crippen LogP contribution is -2.31. The van der Waals surface area contributed by atoms with Crippen LogP contribution in [-0.4, -0.2) is 44.4 Å². The molecule has 1 aliphatic heterocycles. The Balaban J connectivity index is 1.76. The lowest BCUT2D eigenvalue weighted by atomic mass is 10.1. The zero-order valence-corrected chi connectivity index (χ0v) is 15.3. The number of nitrogens with zero attached hydrogens (tertiary/aromatic N) is 1. The Hall–Kier alpha value is -2.42. The standard InChI is InChI=1S/C18H20N2O5S/c1-20(11-17(21)12-3-5-14(25-2)6-4-12)26(23,24)15-7-8-16-13(9-15)10-18(22)19-16/h3-9,17,21H,10-11H2,1-2H3,(H,19,22). The van der Waals surface area contributed by atoms with Gasteiger partial charge >= 0.3 is 0 Å². The predicted octanol–water partition coefficient (Wildman–Crippen LogP) is 1.54. The van der Waals surface area contributed by atoms with E-state index in [1.165, 1.54) is 19.2 Å². The summed E-state index contributed by atoms with van der Waals surface area (Å²) in [5.74, 6) is 0.501. The first-order chi connectivity index (χ1) is 12.3. The third-order valence-corrected chi connectivity index (χ3v) is 6.16. The van der Waals surface area contributed by atoms with E-state index in [1.807, 2.05) is 0 Å². The van der Waals surface area contributed by atoms with Crippen molar-refractivity contribution in [3.8, 4) is 5.75 Å². The minimum Gasteiger partial charge on any atom is -0.497 e. The number of benzene rings is 2. The first kappa shape index (κ1) is 18.4. The number of rotatable bonds is 6. The molecule has 3 rings (SSSR count). The normalized spacial score (nSPS) is 14.8. The van der Waals surface area contributed by atoms with Crippen molar-refractivity contribution in [2.75, 3.05) is 26.0 Å². The van der Waals surface area contributed by atoms with Gasteiger partial charge in [0.05, 0.1) is 24.5 Å². The molecule has 1 aliphatic rings. The molecule has 2 aromatic rings. The number of hydrogen-bond donors (Lipinski definition) is 2. The van der Waals surface area contributed by atoms with Crippen molar-refractivity contribution in [3.63, 3.8) is 0 Å². The summed E-state index contributed by atoms with van der Waals surface area (Å²) in [5, 5.41) is 13.0. The molecule has 0 aliphatic carbocycles. The van der Waals surface area contributed by atoms with Gasteiger partial charge in [-0.3, -0.25) is 4.79 Å². The van der Waals surface area contributed by atoms with Gasteiger partial charge in [0.15, 0.2) is 0 Å². The van der Waals surface area contributed by atoms with Crippen molar-refractivity contribution in [1.29, 1.82) is 0 Å². The average Bonchev–Trinajstić information content (AvgIpc) is 3.00. The number of aliphatic hydroxyl groups excluding tert-OH is 1. The van der Waals surface area contributed by atoms with Crippen LogP contribution < -0.4 is 10.1 Å². The second-order valence-electron chi connectivity index (χ2n) is 6.12. The predicted molar refractivity (Wildman–Crippen MR) is 96.5 cm³/mol. The molecule has 26 heavy (non-hydrogen) atoms. The van der Waals surface area contributed by atoms with E-state index >= 15 is 0 Å². The summed E-state index contributed by atoms with van der Waals surface area (Å²) >= 11 is 0. The summed E-state index contributed by atoms with van der Waals surface area (Å²) in [7, 11) is -0.822.